The molecule has 6 rings (SSSR count). The number of hydrogen-bond acceptors (Lipinski definition) is 10. The van der Waals surface area contributed by atoms with Gasteiger partial charge >= 0.3 is 0 Å². The van der Waals surface area contributed by atoms with E-state index in [2.05, 4.69) is 29.9 Å². The fraction of sp³-hybridized carbons (Fsp3) is 0.118. The Kier molecular flexibility index (Phi) is 13.9. The van der Waals surface area contributed by atoms with E-state index in [1.165, 1.54) is 0 Å². The lowest BCUT2D eigenvalue weighted by Crippen LogP contribution is -2.03. The molecular formula is C34H27Cl3F2N6O4. The molecule has 0 radical (unpaired) electrons. The summed E-state index contributed by atoms with van der Waals surface area (Å²) in [5.74, 6) is 0.297. The minimum Gasteiger partial charge on any atom is -0.497 e. The maximum atomic E-state index is 14.1. The van der Waals surface area contributed by atoms with Gasteiger partial charge in [-0.05, 0) is 59.7 Å². The van der Waals surface area contributed by atoms with Crippen molar-refractivity contribution in [3.05, 3.63) is 136 Å². The molecular weight excluding hydrogens is 701 g/mol. The van der Waals surface area contributed by atoms with Gasteiger partial charge in [0.15, 0.2) is 32.9 Å². The van der Waals surface area contributed by atoms with E-state index in [1.54, 1.807) is 75.4 Å². The Morgan fingerprint density at radius 1 is 0.571 bits per heavy atom. The van der Waals surface area contributed by atoms with Crippen LogP contribution >= 0.6 is 34.8 Å². The average Bonchev–Trinajstić information content (AvgIpc) is 3.15. The summed E-state index contributed by atoms with van der Waals surface area (Å²) < 4.78 is 42.6. The van der Waals surface area contributed by atoms with Crippen molar-refractivity contribution >= 4 is 34.8 Å². The van der Waals surface area contributed by atoms with Gasteiger partial charge in [-0.3, -0.25) is 9.97 Å². The third kappa shape index (κ3) is 10.7. The molecule has 0 saturated carbocycles. The molecule has 0 fully saturated rings. The first-order valence-electron chi connectivity index (χ1n) is 14.1. The van der Waals surface area contributed by atoms with Crippen LogP contribution in [0, 0.1) is 11.6 Å². The van der Waals surface area contributed by atoms with Crippen molar-refractivity contribution < 1.29 is 28.1 Å². The third-order valence-electron chi connectivity index (χ3n) is 6.30. The van der Waals surface area contributed by atoms with Gasteiger partial charge in [0, 0.05) is 35.9 Å². The monoisotopic (exact) mass is 726 g/mol. The largest absolute Gasteiger partial charge is 0.497 e. The molecule has 2 aromatic carbocycles. The predicted molar refractivity (Wildman–Crippen MR) is 182 cm³/mol. The SMILES string of the molecule is COc1ccc(CO)cc1.COc1ccc(COc2nc(-c3ccncc3)nc(Cl)c2F)cc1.Fc1c(Cl)nc(-c2ccncc2)nc1Cl. The number of aliphatic hydroxyl groups is 1. The van der Waals surface area contributed by atoms with Crippen LogP contribution in [-0.2, 0) is 13.2 Å². The van der Waals surface area contributed by atoms with E-state index in [9.17, 15) is 8.78 Å². The number of aliphatic hydroxyl groups excluding tert-OH is 1. The summed E-state index contributed by atoms with van der Waals surface area (Å²) in [6, 6.07) is 21.3. The van der Waals surface area contributed by atoms with Gasteiger partial charge in [-0.25, -0.2) is 19.3 Å². The molecule has 4 aromatic heterocycles. The molecule has 1 N–H and O–H groups in total. The quantitative estimate of drug-likeness (QED) is 0.154. The lowest BCUT2D eigenvalue weighted by Gasteiger charge is -2.09. The van der Waals surface area contributed by atoms with Crippen LogP contribution in [0.5, 0.6) is 17.4 Å². The first kappa shape index (κ1) is 36.8. The summed E-state index contributed by atoms with van der Waals surface area (Å²) in [5.41, 5.74) is 3.09. The third-order valence-corrected chi connectivity index (χ3v) is 7.06. The van der Waals surface area contributed by atoms with E-state index in [-0.39, 0.29) is 46.2 Å². The van der Waals surface area contributed by atoms with Gasteiger partial charge in [-0.15, -0.1) is 0 Å². The van der Waals surface area contributed by atoms with Crippen molar-refractivity contribution in [1.29, 1.82) is 0 Å². The highest BCUT2D eigenvalue weighted by atomic mass is 35.5. The molecule has 10 nitrogen and oxygen atoms in total. The summed E-state index contributed by atoms with van der Waals surface area (Å²) >= 11 is 16.9. The fourth-order valence-electron chi connectivity index (χ4n) is 3.75. The van der Waals surface area contributed by atoms with Crippen LogP contribution in [0.15, 0.2) is 97.6 Å². The van der Waals surface area contributed by atoms with E-state index in [0.717, 1.165) is 22.6 Å². The molecule has 0 aliphatic rings. The number of rotatable bonds is 8. The van der Waals surface area contributed by atoms with E-state index >= 15 is 0 Å². The first-order chi connectivity index (χ1) is 23.7. The molecule has 4 heterocycles. The molecule has 0 atom stereocenters. The van der Waals surface area contributed by atoms with E-state index < -0.39 is 11.6 Å². The molecule has 0 aliphatic heterocycles. The summed E-state index contributed by atoms with van der Waals surface area (Å²) in [4.78, 5) is 23.3. The molecule has 0 spiro atoms. The van der Waals surface area contributed by atoms with Crippen LogP contribution in [0.25, 0.3) is 22.8 Å². The van der Waals surface area contributed by atoms with Gasteiger partial charge in [0.2, 0.25) is 5.82 Å². The molecule has 252 valence electrons. The molecule has 15 heteroatoms. The number of nitrogens with zero attached hydrogens (tertiary/aromatic N) is 6. The fourth-order valence-corrected chi connectivity index (χ4v) is 4.30. The number of benzene rings is 2. The van der Waals surface area contributed by atoms with Crippen LogP contribution in [0.2, 0.25) is 15.5 Å². The zero-order chi connectivity index (χ0) is 35.2. The Labute approximate surface area is 295 Å². The highest BCUT2D eigenvalue weighted by Crippen LogP contribution is 2.27. The Morgan fingerprint density at radius 3 is 1.41 bits per heavy atom. The second-order valence-corrected chi connectivity index (χ2v) is 10.6. The maximum Gasteiger partial charge on any atom is 0.256 e. The molecule has 0 amide bonds. The van der Waals surface area contributed by atoms with Crippen molar-refractivity contribution in [2.24, 2.45) is 0 Å². The summed E-state index contributed by atoms with van der Waals surface area (Å²) in [7, 11) is 3.21. The Bertz CT molecular complexity index is 1880. The van der Waals surface area contributed by atoms with Gasteiger partial charge in [-0.1, -0.05) is 59.1 Å². The van der Waals surface area contributed by atoms with Crippen LogP contribution in [-0.4, -0.2) is 49.2 Å². The van der Waals surface area contributed by atoms with E-state index in [1.807, 2.05) is 36.4 Å². The van der Waals surface area contributed by atoms with Crippen molar-refractivity contribution in [3.63, 3.8) is 0 Å². The number of methoxy groups -OCH3 is 2. The Morgan fingerprint density at radius 2 is 0.980 bits per heavy atom. The van der Waals surface area contributed by atoms with Crippen LogP contribution in [0.3, 0.4) is 0 Å². The molecule has 49 heavy (non-hydrogen) atoms. The standard InChI is InChI=1S/C17H13ClFN3O2.C9H4Cl2FN3.C8H10O2/c1-23-13-4-2-11(3-5-13)10-24-17-14(19)15(18)21-16(22-17)12-6-8-20-9-7-12;10-7-6(12)8(11)15-9(14-7)5-1-3-13-4-2-5;1-10-8-4-2-7(6-9)3-5-8/h2-9H,10H2,1H3;1-4H;2-5,9H,6H2,1H3. The number of ether oxygens (including phenoxy) is 3. The molecule has 0 unspecified atom stereocenters. The second kappa shape index (κ2) is 18.5. The molecule has 6 aromatic rings. The van der Waals surface area contributed by atoms with Crippen molar-refractivity contribution in [2.75, 3.05) is 14.2 Å². The van der Waals surface area contributed by atoms with Gasteiger partial charge in [-0.2, -0.15) is 9.37 Å². The first-order valence-corrected chi connectivity index (χ1v) is 15.3. The highest BCUT2D eigenvalue weighted by Gasteiger charge is 2.16. The van der Waals surface area contributed by atoms with Gasteiger partial charge in [0.05, 0.1) is 20.8 Å². The van der Waals surface area contributed by atoms with Gasteiger partial charge in [0.1, 0.15) is 18.1 Å². The van der Waals surface area contributed by atoms with Crippen molar-refractivity contribution in [2.45, 2.75) is 13.2 Å². The Hall–Kier alpha value is -5.01. The number of pyridine rings is 2. The normalized spacial score (nSPS) is 10.2. The lowest BCUT2D eigenvalue weighted by molar-refractivity contribution is 0.276. The van der Waals surface area contributed by atoms with Crippen LogP contribution < -0.4 is 14.2 Å². The van der Waals surface area contributed by atoms with E-state index in [0.29, 0.717) is 11.1 Å². The summed E-state index contributed by atoms with van der Waals surface area (Å²) in [6.07, 6.45) is 6.33. The zero-order valence-electron chi connectivity index (χ0n) is 25.9. The zero-order valence-corrected chi connectivity index (χ0v) is 28.2. The molecule has 0 saturated heterocycles. The molecule has 0 bridgehead atoms. The average molecular weight is 728 g/mol. The second-order valence-electron chi connectivity index (χ2n) is 9.51. The van der Waals surface area contributed by atoms with Crippen molar-refractivity contribution in [3.8, 4) is 40.2 Å². The predicted octanol–water partition coefficient (Wildman–Crippen LogP) is 8.09. The van der Waals surface area contributed by atoms with Gasteiger partial charge in [0.25, 0.3) is 5.88 Å². The smallest absolute Gasteiger partial charge is 0.256 e. The minimum absolute atomic E-state index is 0.0873. The summed E-state index contributed by atoms with van der Waals surface area (Å²) in [6.45, 7) is 0.230. The minimum atomic E-state index is -0.809. The van der Waals surface area contributed by atoms with Crippen LogP contribution in [0.1, 0.15) is 11.1 Å². The summed E-state index contributed by atoms with van der Waals surface area (Å²) in [5, 5.41) is 7.79. The number of hydrogen-bond donors (Lipinski definition) is 1. The van der Waals surface area contributed by atoms with Gasteiger partial charge < -0.3 is 19.3 Å². The molecule has 0 aliphatic carbocycles. The topological polar surface area (TPSA) is 125 Å². The maximum absolute atomic E-state index is 14.1. The van der Waals surface area contributed by atoms with E-state index in [4.69, 9.17) is 54.1 Å². The van der Waals surface area contributed by atoms with Crippen LogP contribution in [0.4, 0.5) is 8.78 Å². The lowest BCUT2D eigenvalue weighted by atomic mass is 10.2. The number of halogens is 5. The highest BCUT2D eigenvalue weighted by molar-refractivity contribution is 6.33. The van der Waals surface area contributed by atoms with Crippen molar-refractivity contribution in [1.82, 2.24) is 29.9 Å². The number of aromatic nitrogens is 6. The Balaban J connectivity index is 0.000000184.